The molecule has 1 fully saturated rings. The van der Waals surface area contributed by atoms with Gasteiger partial charge < -0.3 is 5.73 Å². The quantitative estimate of drug-likeness (QED) is 0.905. The van der Waals surface area contributed by atoms with Crippen LogP contribution in [0.5, 0.6) is 0 Å². The fourth-order valence-electron chi connectivity index (χ4n) is 2.94. The van der Waals surface area contributed by atoms with Crippen LogP contribution in [-0.4, -0.2) is 20.2 Å². The number of hydrogen-bond acceptors (Lipinski definition) is 3. The van der Waals surface area contributed by atoms with E-state index in [1.807, 2.05) is 30.3 Å². The molecule has 1 aliphatic rings. The van der Waals surface area contributed by atoms with Crippen molar-refractivity contribution in [1.29, 1.82) is 0 Å². The molecule has 0 heterocycles. The zero-order valence-corrected chi connectivity index (χ0v) is 13.7. The van der Waals surface area contributed by atoms with Crippen LogP contribution in [-0.2, 0) is 9.84 Å². The highest BCUT2D eigenvalue weighted by Gasteiger charge is 2.57. The third kappa shape index (κ3) is 2.65. The summed E-state index contributed by atoms with van der Waals surface area (Å²) in [4.78, 5) is 0.382. The highest BCUT2D eigenvalue weighted by atomic mass is 79.9. The molecule has 2 aromatic rings. The lowest BCUT2D eigenvalue weighted by Gasteiger charge is -2.04. The summed E-state index contributed by atoms with van der Waals surface area (Å²) in [6.45, 7) is 0.386. The van der Waals surface area contributed by atoms with E-state index in [2.05, 4.69) is 15.9 Å². The lowest BCUT2D eigenvalue weighted by Crippen LogP contribution is -2.13. The minimum atomic E-state index is -3.33. The molecule has 0 aliphatic heterocycles. The third-order valence-electron chi connectivity index (χ3n) is 4.05. The van der Waals surface area contributed by atoms with E-state index in [9.17, 15) is 8.42 Å². The first kappa shape index (κ1) is 14.8. The molecule has 3 nitrogen and oxygen atoms in total. The second-order valence-corrected chi connectivity index (χ2v) is 8.32. The molecule has 0 bridgehead atoms. The van der Waals surface area contributed by atoms with Crippen molar-refractivity contribution in [2.45, 2.75) is 16.1 Å². The Morgan fingerprint density at radius 2 is 1.62 bits per heavy atom. The maximum absolute atomic E-state index is 12.7. The van der Waals surface area contributed by atoms with Gasteiger partial charge in [0.2, 0.25) is 0 Å². The standard InChI is InChI=1S/C16H16BrNO2S/c17-12-8-6-11(7-9-12)15-14(10-18)16(15)21(19,20)13-4-2-1-3-5-13/h1-9,14-16H,10,18H2. The van der Waals surface area contributed by atoms with Crippen molar-refractivity contribution >= 4 is 25.8 Å². The summed E-state index contributed by atoms with van der Waals surface area (Å²) < 4.78 is 26.5. The number of rotatable bonds is 4. The Bertz CT molecular complexity index is 729. The van der Waals surface area contributed by atoms with E-state index in [0.29, 0.717) is 11.4 Å². The molecule has 21 heavy (non-hydrogen) atoms. The molecule has 0 amide bonds. The molecule has 0 spiro atoms. The molecule has 110 valence electrons. The Labute approximate surface area is 133 Å². The van der Waals surface area contributed by atoms with Gasteiger partial charge in [0.05, 0.1) is 10.1 Å². The van der Waals surface area contributed by atoms with Gasteiger partial charge in [0, 0.05) is 10.4 Å². The summed E-state index contributed by atoms with van der Waals surface area (Å²) in [7, 11) is -3.33. The van der Waals surface area contributed by atoms with Gasteiger partial charge in [0.1, 0.15) is 0 Å². The van der Waals surface area contributed by atoms with Crippen LogP contribution in [0.3, 0.4) is 0 Å². The van der Waals surface area contributed by atoms with E-state index in [-0.39, 0.29) is 11.8 Å². The van der Waals surface area contributed by atoms with Gasteiger partial charge in [-0.05, 0) is 42.3 Å². The van der Waals surface area contributed by atoms with Crippen LogP contribution in [0.2, 0.25) is 0 Å². The van der Waals surface area contributed by atoms with Crippen LogP contribution in [0.15, 0.2) is 64.0 Å². The summed E-state index contributed by atoms with van der Waals surface area (Å²) in [6.07, 6.45) is 0. The Morgan fingerprint density at radius 1 is 1.00 bits per heavy atom. The lowest BCUT2D eigenvalue weighted by molar-refractivity contribution is 0.591. The van der Waals surface area contributed by atoms with Gasteiger partial charge in [-0.15, -0.1) is 0 Å². The Morgan fingerprint density at radius 3 is 2.19 bits per heavy atom. The van der Waals surface area contributed by atoms with E-state index in [4.69, 9.17) is 5.73 Å². The molecule has 3 atom stereocenters. The molecule has 3 rings (SSSR count). The van der Waals surface area contributed by atoms with Gasteiger partial charge in [-0.3, -0.25) is 0 Å². The smallest absolute Gasteiger partial charge is 0.182 e. The molecule has 0 saturated heterocycles. The van der Waals surface area contributed by atoms with Crippen LogP contribution < -0.4 is 5.73 Å². The molecule has 1 saturated carbocycles. The molecule has 1 aliphatic carbocycles. The van der Waals surface area contributed by atoms with E-state index in [1.54, 1.807) is 24.3 Å². The Kier molecular flexibility index (Phi) is 3.90. The van der Waals surface area contributed by atoms with Gasteiger partial charge in [0.25, 0.3) is 0 Å². The van der Waals surface area contributed by atoms with Gasteiger partial charge >= 0.3 is 0 Å². The molecule has 2 aromatic carbocycles. The van der Waals surface area contributed by atoms with Gasteiger partial charge in [-0.25, -0.2) is 8.42 Å². The summed E-state index contributed by atoms with van der Waals surface area (Å²) in [5, 5.41) is -0.411. The summed E-state index contributed by atoms with van der Waals surface area (Å²) in [5.41, 5.74) is 6.82. The first-order chi connectivity index (χ1) is 10.1. The zero-order chi connectivity index (χ0) is 15.0. The highest BCUT2D eigenvalue weighted by Crippen LogP contribution is 2.53. The van der Waals surface area contributed by atoms with Crippen molar-refractivity contribution in [2.24, 2.45) is 11.7 Å². The first-order valence-electron chi connectivity index (χ1n) is 6.80. The fourth-order valence-corrected chi connectivity index (χ4v) is 5.45. The molecule has 3 unspecified atom stereocenters. The van der Waals surface area contributed by atoms with E-state index >= 15 is 0 Å². The molecular weight excluding hydrogens is 350 g/mol. The lowest BCUT2D eigenvalue weighted by atomic mass is 10.1. The van der Waals surface area contributed by atoms with Gasteiger partial charge in [-0.2, -0.15) is 0 Å². The van der Waals surface area contributed by atoms with E-state index in [0.717, 1.165) is 10.0 Å². The summed E-state index contributed by atoms with van der Waals surface area (Å²) >= 11 is 3.40. The van der Waals surface area contributed by atoms with Crippen molar-refractivity contribution < 1.29 is 8.42 Å². The number of hydrogen-bond donors (Lipinski definition) is 1. The van der Waals surface area contributed by atoms with Crippen molar-refractivity contribution in [1.82, 2.24) is 0 Å². The normalized spacial score (nSPS) is 24.8. The third-order valence-corrected chi connectivity index (χ3v) is 6.87. The van der Waals surface area contributed by atoms with Crippen molar-refractivity contribution in [3.63, 3.8) is 0 Å². The Hall–Kier alpha value is -1.17. The minimum Gasteiger partial charge on any atom is -0.330 e. The second kappa shape index (κ2) is 5.55. The predicted octanol–water partition coefficient (Wildman–Crippen LogP) is 2.96. The fraction of sp³-hybridized carbons (Fsp3) is 0.250. The minimum absolute atomic E-state index is 0.00335. The maximum Gasteiger partial charge on any atom is 0.182 e. The SMILES string of the molecule is NCC1C(c2ccc(Br)cc2)C1S(=O)(=O)c1ccccc1. The first-order valence-corrected chi connectivity index (χ1v) is 9.14. The monoisotopic (exact) mass is 365 g/mol. The van der Waals surface area contributed by atoms with Crippen LogP contribution in [0.4, 0.5) is 0 Å². The molecule has 0 aromatic heterocycles. The van der Waals surface area contributed by atoms with E-state index < -0.39 is 15.1 Å². The van der Waals surface area contributed by atoms with Crippen LogP contribution in [0.1, 0.15) is 11.5 Å². The van der Waals surface area contributed by atoms with E-state index in [1.165, 1.54) is 0 Å². The van der Waals surface area contributed by atoms with Crippen LogP contribution in [0, 0.1) is 5.92 Å². The molecule has 0 radical (unpaired) electrons. The van der Waals surface area contributed by atoms with Gasteiger partial charge in [0.15, 0.2) is 9.84 Å². The summed E-state index contributed by atoms with van der Waals surface area (Å²) in [6, 6.07) is 16.4. The highest BCUT2D eigenvalue weighted by molar-refractivity contribution is 9.10. The predicted molar refractivity (Wildman–Crippen MR) is 86.8 cm³/mol. The van der Waals surface area contributed by atoms with Crippen LogP contribution >= 0.6 is 15.9 Å². The second-order valence-electron chi connectivity index (χ2n) is 5.30. The Balaban J connectivity index is 1.94. The van der Waals surface area contributed by atoms with Crippen molar-refractivity contribution in [3.05, 3.63) is 64.6 Å². The largest absolute Gasteiger partial charge is 0.330 e. The average molecular weight is 366 g/mol. The number of benzene rings is 2. The van der Waals surface area contributed by atoms with Crippen molar-refractivity contribution in [3.8, 4) is 0 Å². The molecule has 5 heteroatoms. The summed E-state index contributed by atoms with van der Waals surface area (Å²) in [5.74, 6) is -0.00955. The van der Waals surface area contributed by atoms with Gasteiger partial charge in [-0.1, -0.05) is 46.3 Å². The zero-order valence-electron chi connectivity index (χ0n) is 11.3. The molecule has 2 N–H and O–H groups in total. The number of nitrogens with two attached hydrogens (primary N) is 1. The van der Waals surface area contributed by atoms with Crippen LogP contribution in [0.25, 0.3) is 0 Å². The number of halogens is 1. The molecular formula is C16H16BrNO2S. The van der Waals surface area contributed by atoms with Crippen molar-refractivity contribution in [2.75, 3.05) is 6.54 Å². The average Bonchev–Trinajstić information content (AvgIpc) is 3.24. The maximum atomic E-state index is 12.7. The topological polar surface area (TPSA) is 60.2 Å². The number of sulfone groups is 1.